The van der Waals surface area contributed by atoms with Crippen molar-refractivity contribution in [2.24, 2.45) is 5.41 Å². The molecule has 2 atom stereocenters. The van der Waals surface area contributed by atoms with Gasteiger partial charge in [0.15, 0.2) is 0 Å². The van der Waals surface area contributed by atoms with Crippen LogP contribution in [0.15, 0.2) is 18.2 Å². The van der Waals surface area contributed by atoms with Gasteiger partial charge in [0, 0.05) is 17.1 Å². The van der Waals surface area contributed by atoms with Gasteiger partial charge in [-0.3, -0.25) is 0 Å². The fourth-order valence-corrected chi connectivity index (χ4v) is 2.84. The molecule has 0 radical (unpaired) electrons. The van der Waals surface area contributed by atoms with Gasteiger partial charge in [0.2, 0.25) is 0 Å². The summed E-state index contributed by atoms with van der Waals surface area (Å²) < 4.78 is 0. The minimum atomic E-state index is 0.101. The average Bonchev–Trinajstić information content (AvgIpc) is 2.50. The van der Waals surface area contributed by atoms with Gasteiger partial charge in [-0.15, -0.1) is 0 Å². The van der Waals surface area contributed by atoms with Gasteiger partial charge < -0.3 is 10.4 Å². The summed E-state index contributed by atoms with van der Waals surface area (Å²) in [5.41, 5.74) is 2.81. The van der Waals surface area contributed by atoms with Crippen molar-refractivity contribution in [2.45, 2.75) is 39.3 Å². The molecule has 0 fully saturated rings. The average molecular weight is 254 g/mol. The number of aliphatic hydroxyl groups excluding tert-OH is 1. The first-order valence-corrected chi connectivity index (χ1v) is 6.47. The third kappa shape index (κ3) is 2.49. The standard InChI is InChI=1S/C14H20ClNO/c1-9(8-17)16-13-12-6-11(15)5-4-10(12)7-14(13,2)3/h4-6,9,13,16-17H,7-8H2,1-3H3. The second-order valence-electron chi connectivity index (χ2n) is 5.69. The Labute approximate surface area is 108 Å². The molecule has 1 aliphatic rings. The van der Waals surface area contributed by atoms with Gasteiger partial charge in [0.1, 0.15) is 0 Å². The summed E-state index contributed by atoms with van der Waals surface area (Å²) in [4.78, 5) is 0. The van der Waals surface area contributed by atoms with E-state index in [1.807, 2.05) is 19.1 Å². The first kappa shape index (κ1) is 12.9. The molecule has 0 spiro atoms. The molecule has 0 aromatic heterocycles. The lowest BCUT2D eigenvalue weighted by atomic mass is 9.85. The molecule has 0 heterocycles. The van der Waals surface area contributed by atoms with Crippen LogP contribution < -0.4 is 5.32 Å². The van der Waals surface area contributed by atoms with E-state index < -0.39 is 0 Å². The zero-order valence-electron chi connectivity index (χ0n) is 10.6. The Balaban J connectivity index is 2.33. The van der Waals surface area contributed by atoms with E-state index >= 15 is 0 Å². The lowest BCUT2D eigenvalue weighted by molar-refractivity contribution is 0.198. The number of benzene rings is 1. The van der Waals surface area contributed by atoms with E-state index in [0.717, 1.165) is 11.4 Å². The van der Waals surface area contributed by atoms with Crippen molar-refractivity contribution < 1.29 is 5.11 Å². The molecule has 2 N–H and O–H groups in total. The van der Waals surface area contributed by atoms with Crippen LogP contribution in [0, 0.1) is 5.41 Å². The number of rotatable bonds is 3. The zero-order chi connectivity index (χ0) is 12.6. The predicted octanol–water partition coefficient (Wildman–Crippen LogP) is 2.93. The second-order valence-corrected chi connectivity index (χ2v) is 6.13. The molecule has 2 unspecified atom stereocenters. The van der Waals surface area contributed by atoms with Crippen molar-refractivity contribution in [1.29, 1.82) is 0 Å². The van der Waals surface area contributed by atoms with Crippen LogP contribution in [0.3, 0.4) is 0 Å². The quantitative estimate of drug-likeness (QED) is 0.868. The molecule has 0 saturated carbocycles. The van der Waals surface area contributed by atoms with Crippen molar-refractivity contribution in [3.63, 3.8) is 0 Å². The van der Waals surface area contributed by atoms with Crippen molar-refractivity contribution in [1.82, 2.24) is 5.32 Å². The molecule has 1 aliphatic carbocycles. The molecule has 0 saturated heterocycles. The van der Waals surface area contributed by atoms with E-state index in [0.29, 0.717) is 0 Å². The summed E-state index contributed by atoms with van der Waals surface area (Å²) >= 11 is 6.08. The van der Waals surface area contributed by atoms with Gasteiger partial charge >= 0.3 is 0 Å². The van der Waals surface area contributed by atoms with E-state index in [1.54, 1.807) is 0 Å². The maximum Gasteiger partial charge on any atom is 0.0582 e. The molecule has 94 valence electrons. The number of nitrogens with one attached hydrogen (secondary N) is 1. The van der Waals surface area contributed by atoms with Crippen LogP contribution in [-0.2, 0) is 6.42 Å². The van der Waals surface area contributed by atoms with E-state index in [9.17, 15) is 5.11 Å². The molecule has 1 aromatic rings. The molecular formula is C14H20ClNO. The Morgan fingerprint density at radius 3 is 2.88 bits per heavy atom. The van der Waals surface area contributed by atoms with Crippen LogP contribution in [0.4, 0.5) is 0 Å². The topological polar surface area (TPSA) is 32.3 Å². The Morgan fingerprint density at radius 2 is 2.24 bits per heavy atom. The highest BCUT2D eigenvalue weighted by Crippen LogP contribution is 2.46. The molecule has 0 amide bonds. The lowest BCUT2D eigenvalue weighted by Gasteiger charge is -2.31. The van der Waals surface area contributed by atoms with E-state index in [1.165, 1.54) is 11.1 Å². The lowest BCUT2D eigenvalue weighted by Crippen LogP contribution is -2.38. The molecule has 17 heavy (non-hydrogen) atoms. The normalized spacial score (nSPS) is 23.5. The molecule has 2 rings (SSSR count). The summed E-state index contributed by atoms with van der Waals surface area (Å²) in [6.45, 7) is 6.66. The number of fused-ring (bicyclic) bond motifs is 1. The van der Waals surface area contributed by atoms with Gasteiger partial charge in [-0.1, -0.05) is 31.5 Å². The van der Waals surface area contributed by atoms with Crippen LogP contribution >= 0.6 is 11.6 Å². The van der Waals surface area contributed by atoms with Crippen molar-refractivity contribution >= 4 is 11.6 Å². The highest BCUT2D eigenvalue weighted by molar-refractivity contribution is 6.30. The minimum Gasteiger partial charge on any atom is -0.395 e. The maximum absolute atomic E-state index is 9.18. The number of hydrogen-bond donors (Lipinski definition) is 2. The van der Waals surface area contributed by atoms with E-state index in [2.05, 4.69) is 25.2 Å². The predicted molar refractivity (Wildman–Crippen MR) is 71.4 cm³/mol. The van der Waals surface area contributed by atoms with Crippen molar-refractivity contribution in [3.05, 3.63) is 34.3 Å². The smallest absolute Gasteiger partial charge is 0.0582 e. The maximum atomic E-state index is 9.18. The minimum absolute atomic E-state index is 0.101. The van der Waals surface area contributed by atoms with Crippen LogP contribution in [0.25, 0.3) is 0 Å². The number of hydrogen-bond acceptors (Lipinski definition) is 2. The summed E-state index contributed by atoms with van der Waals surface area (Å²) in [7, 11) is 0. The van der Waals surface area contributed by atoms with Gasteiger partial charge in [0.05, 0.1) is 6.61 Å². The summed E-state index contributed by atoms with van der Waals surface area (Å²) in [6, 6.07) is 6.48. The molecular weight excluding hydrogens is 234 g/mol. The van der Waals surface area contributed by atoms with Crippen LogP contribution in [0.1, 0.15) is 37.9 Å². The van der Waals surface area contributed by atoms with Crippen molar-refractivity contribution in [2.75, 3.05) is 6.61 Å². The third-order valence-corrected chi connectivity index (χ3v) is 3.81. The second kappa shape index (κ2) is 4.60. The Hall–Kier alpha value is -0.570. The summed E-state index contributed by atoms with van der Waals surface area (Å²) in [5.74, 6) is 0. The summed E-state index contributed by atoms with van der Waals surface area (Å²) in [6.07, 6.45) is 1.05. The first-order chi connectivity index (χ1) is 7.94. The molecule has 1 aromatic carbocycles. The van der Waals surface area contributed by atoms with Crippen LogP contribution in [0.5, 0.6) is 0 Å². The zero-order valence-corrected chi connectivity index (χ0v) is 11.4. The number of halogens is 1. The van der Waals surface area contributed by atoms with E-state index in [4.69, 9.17) is 11.6 Å². The SMILES string of the molecule is CC(CO)NC1c2cc(Cl)ccc2CC1(C)C. The van der Waals surface area contributed by atoms with Crippen LogP contribution in [-0.4, -0.2) is 17.8 Å². The highest BCUT2D eigenvalue weighted by atomic mass is 35.5. The van der Waals surface area contributed by atoms with Gasteiger partial charge in [0.25, 0.3) is 0 Å². The molecule has 2 nitrogen and oxygen atoms in total. The third-order valence-electron chi connectivity index (χ3n) is 3.57. The van der Waals surface area contributed by atoms with Crippen LogP contribution in [0.2, 0.25) is 5.02 Å². The van der Waals surface area contributed by atoms with Gasteiger partial charge in [-0.25, -0.2) is 0 Å². The van der Waals surface area contributed by atoms with E-state index in [-0.39, 0.29) is 24.1 Å². The first-order valence-electron chi connectivity index (χ1n) is 6.09. The van der Waals surface area contributed by atoms with Gasteiger partial charge in [-0.2, -0.15) is 0 Å². The Bertz CT molecular complexity index is 417. The fraction of sp³-hybridized carbons (Fsp3) is 0.571. The highest BCUT2D eigenvalue weighted by Gasteiger charge is 2.39. The number of aliphatic hydroxyl groups is 1. The Morgan fingerprint density at radius 1 is 1.53 bits per heavy atom. The molecule has 0 aliphatic heterocycles. The fourth-order valence-electron chi connectivity index (χ4n) is 2.66. The summed E-state index contributed by atoms with van der Waals surface area (Å²) in [5, 5.41) is 13.5. The molecule has 3 heteroatoms. The molecule has 0 bridgehead atoms. The largest absolute Gasteiger partial charge is 0.395 e. The van der Waals surface area contributed by atoms with Gasteiger partial charge in [-0.05, 0) is 42.0 Å². The van der Waals surface area contributed by atoms with Crippen molar-refractivity contribution in [3.8, 4) is 0 Å². The Kier molecular flexibility index (Phi) is 3.48. The monoisotopic (exact) mass is 253 g/mol.